The molecule has 0 saturated carbocycles. The van der Waals surface area contributed by atoms with Gasteiger partial charge in [0, 0.05) is 0 Å². The fourth-order valence-corrected chi connectivity index (χ4v) is 3.06. The summed E-state index contributed by atoms with van der Waals surface area (Å²) in [5.74, 6) is 0. The fourth-order valence-electron chi connectivity index (χ4n) is 1.01. The van der Waals surface area contributed by atoms with E-state index in [0.29, 0.717) is 5.58 Å². The standard InChI is InChI=1S/C8H5ClO2S2/c1-12-8-5(9)6(10)7-4(13-8)2-3-11-7/h2-3H,1H3. The topological polar surface area (TPSA) is 30.2 Å². The zero-order valence-corrected chi connectivity index (χ0v) is 9.05. The Morgan fingerprint density at radius 3 is 3.08 bits per heavy atom. The Bertz CT molecular complexity index is 500. The van der Waals surface area contributed by atoms with Gasteiger partial charge in [-0.15, -0.1) is 23.1 Å². The van der Waals surface area contributed by atoms with Gasteiger partial charge in [-0.05, 0) is 12.3 Å². The number of thioether (sulfide) groups is 1. The van der Waals surface area contributed by atoms with E-state index in [0.717, 1.165) is 8.91 Å². The second-order valence-corrected chi connectivity index (χ2v) is 4.86. The molecule has 0 spiro atoms. The van der Waals surface area contributed by atoms with E-state index in [1.165, 1.54) is 29.4 Å². The summed E-state index contributed by atoms with van der Waals surface area (Å²) in [5, 5.41) is 0.264. The summed E-state index contributed by atoms with van der Waals surface area (Å²) >= 11 is 8.79. The van der Waals surface area contributed by atoms with Crippen molar-refractivity contribution in [1.29, 1.82) is 0 Å². The SMILES string of the molecule is CSc1sc2ccoc2c(=O)c1Cl. The highest BCUT2D eigenvalue weighted by atomic mass is 35.5. The van der Waals surface area contributed by atoms with Gasteiger partial charge in [0.2, 0.25) is 5.43 Å². The normalized spacial score (nSPS) is 10.9. The maximum atomic E-state index is 11.5. The lowest BCUT2D eigenvalue weighted by Gasteiger charge is -1.96. The van der Waals surface area contributed by atoms with Crippen molar-refractivity contribution in [3.05, 3.63) is 27.6 Å². The van der Waals surface area contributed by atoms with Crippen LogP contribution in [0.4, 0.5) is 0 Å². The molecule has 68 valence electrons. The smallest absolute Gasteiger partial charge is 0.242 e. The van der Waals surface area contributed by atoms with Gasteiger partial charge in [-0.2, -0.15) is 0 Å². The summed E-state index contributed by atoms with van der Waals surface area (Å²) in [4.78, 5) is 11.5. The van der Waals surface area contributed by atoms with Gasteiger partial charge in [0.25, 0.3) is 0 Å². The van der Waals surface area contributed by atoms with Crippen molar-refractivity contribution in [3.8, 4) is 0 Å². The Labute approximate surface area is 87.5 Å². The van der Waals surface area contributed by atoms with E-state index >= 15 is 0 Å². The molecule has 0 atom stereocenters. The van der Waals surface area contributed by atoms with Crippen LogP contribution in [0.2, 0.25) is 5.02 Å². The summed E-state index contributed by atoms with van der Waals surface area (Å²) < 4.78 is 6.71. The van der Waals surface area contributed by atoms with Crippen LogP contribution in [0.1, 0.15) is 0 Å². The quantitative estimate of drug-likeness (QED) is 0.708. The van der Waals surface area contributed by atoms with Gasteiger partial charge < -0.3 is 4.42 Å². The summed E-state index contributed by atoms with van der Waals surface area (Å²) in [7, 11) is 0. The second kappa shape index (κ2) is 3.36. The molecule has 2 aromatic rings. The van der Waals surface area contributed by atoms with Crippen LogP contribution in [0.25, 0.3) is 10.3 Å². The van der Waals surface area contributed by atoms with Crippen LogP contribution >= 0.6 is 34.7 Å². The maximum absolute atomic E-state index is 11.5. The van der Waals surface area contributed by atoms with Crippen LogP contribution in [-0.2, 0) is 0 Å². The highest BCUT2D eigenvalue weighted by Gasteiger charge is 2.11. The molecule has 13 heavy (non-hydrogen) atoms. The first-order chi connectivity index (χ1) is 6.24. The van der Waals surface area contributed by atoms with Gasteiger partial charge in [-0.25, -0.2) is 0 Å². The van der Waals surface area contributed by atoms with Crippen molar-refractivity contribution in [2.45, 2.75) is 4.21 Å². The molecule has 2 heterocycles. The molecule has 0 aliphatic rings. The van der Waals surface area contributed by atoms with Crippen LogP contribution in [0.5, 0.6) is 0 Å². The third-order valence-electron chi connectivity index (χ3n) is 1.60. The molecule has 2 nitrogen and oxygen atoms in total. The maximum Gasteiger partial charge on any atom is 0.242 e. The number of rotatable bonds is 1. The molecule has 2 rings (SSSR count). The van der Waals surface area contributed by atoms with E-state index in [1.807, 2.05) is 6.26 Å². The van der Waals surface area contributed by atoms with Gasteiger partial charge in [0.1, 0.15) is 5.02 Å². The molecule has 0 unspecified atom stereocenters. The first-order valence-electron chi connectivity index (χ1n) is 3.48. The summed E-state index contributed by atoms with van der Waals surface area (Å²) in [6.07, 6.45) is 3.39. The zero-order chi connectivity index (χ0) is 9.42. The second-order valence-electron chi connectivity index (χ2n) is 2.35. The van der Waals surface area contributed by atoms with Crippen LogP contribution in [0, 0.1) is 0 Å². The molecule has 0 N–H and O–H groups in total. The van der Waals surface area contributed by atoms with E-state index < -0.39 is 0 Å². The van der Waals surface area contributed by atoms with Gasteiger partial charge >= 0.3 is 0 Å². The zero-order valence-electron chi connectivity index (χ0n) is 6.67. The van der Waals surface area contributed by atoms with E-state index in [1.54, 1.807) is 6.07 Å². The number of hydrogen-bond donors (Lipinski definition) is 0. The van der Waals surface area contributed by atoms with Crippen molar-refractivity contribution >= 4 is 45.0 Å². The van der Waals surface area contributed by atoms with Gasteiger partial charge in [-0.1, -0.05) is 11.6 Å². The minimum atomic E-state index is -0.218. The average molecular weight is 233 g/mol. The number of fused-ring (bicyclic) bond motifs is 1. The Morgan fingerprint density at radius 2 is 2.38 bits per heavy atom. The van der Waals surface area contributed by atoms with Crippen molar-refractivity contribution in [2.24, 2.45) is 0 Å². The number of hydrogen-bond acceptors (Lipinski definition) is 4. The molecule has 2 aromatic heterocycles. The van der Waals surface area contributed by atoms with Gasteiger partial charge in [0.15, 0.2) is 5.58 Å². The van der Waals surface area contributed by atoms with Crippen molar-refractivity contribution in [3.63, 3.8) is 0 Å². The Kier molecular flexibility index (Phi) is 2.36. The van der Waals surface area contributed by atoms with E-state index in [2.05, 4.69) is 0 Å². The van der Waals surface area contributed by atoms with Gasteiger partial charge in [-0.3, -0.25) is 4.79 Å². The largest absolute Gasteiger partial charge is 0.459 e. The van der Waals surface area contributed by atoms with Gasteiger partial charge in [0.05, 0.1) is 15.2 Å². The first kappa shape index (κ1) is 9.12. The highest BCUT2D eigenvalue weighted by Crippen LogP contribution is 2.32. The number of furan rings is 1. The van der Waals surface area contributed by atoms with E-state index in [9.17, 15) is 4.79 Å². The fraction of sp³-hybridized carbons (Fsp3) is 0.125. The van der Waals surface area contributed by atoms with Crippen LogP contribution < -0.4 is 5.43 Å². The van der Waals surface area contributed by atoms with Crippen molar-refractivity contribution in [1.82, 2.24) is 0 Å². The van der Waals surface area contributed by atoms with Crippen LogP contribution in [0.15, 0.2) is 25.8 Å². The molecular formula is C8H5ClO2S2. The predicted octanol–water partition coefficient (Wildman–Crippen LogP) is 3.23. The van der Waals surface area contributed by atoms with E-state index in [4.69, 9.17) is 16.0 Å². The molecule has 0 aromatic carbocycles. The molecule has 0 amide bonds. The molecule has 0 aliphatic carbocycles. The minimum absolute atomic E-state index is 0.218. The Hall–Kier alpha value is -0.450. The summed E-state index contributed by atoms with van der Waals surface area (Å²) in [5.41, 5.74) is 0.137. The number of halogens is 1. The summed E-state index contributed by atoms with van der Waals surface area (Å²) in [6.45, 7) is 0. The first-order valence-corrected chi connectivity index (χ1v) is 5.89. The Morgan fingerprint density at radius 1 is 1.62 bits per heavy atom. The third kappa shape index (κ3) is 1.39. The lowest BCUT2D eigenvalue weighted by atomic mass is 10.4. The Balaban J connectivity index is 2.92. The van der Waals surface area contributed by atoms with E-state index in [-0.39, 0.29) is 10.5 Å². The van der Waals surface area contributed by atoms with Crippen LogP contribution in [-0.4, -0.2) is 6.26 Å². The molecule has 0 radical (unpaired) electrons. The molecule has 5 heteroatoms. The van der Waals surface area contributed by atoms with Crippen molar-refractivity contribution < 1.29 is 4.42 Å². The minimum Gasteiger partial charge on any atom is -0.459 e. The van der Waals surface area contributed by atoms with Crippen LogP contribution in [0.3, 0.4) is 0 Å². The lowest BCUT2D eigenvalue weighted by molar-refractivity contribution is 0.613. The molecule has 0 bridgehead atoms. The molecule has 0 fully saturated rings. The van der Waals surface area contributed by atoms with Crippen molar-refractivity contribution in [2.75, 3.05) is 6.26 Å². The molecular weight excluding hydrogens is 228 g/mol. The predicted molar refractivity (Wildman–Crippen MR) is 57.2 cm³/mol. The average Bonchev–Trinajstić information content (AvgIpc) is 2.59. The monoisotopic (exact) mass is 232 g/mol. The lowest BCUT2D eigenvalue weighted by Crippen LogP contribution is -1.99. The molecule has 0 saturated heterocycles. The molecule has 0 aliphatic heterocycles. The third-order valence-corrected chi connectivity index (χ3v) is 4.44. The summed E-state index contributed by atoms with van der Waals surface area (Å²) in [6, 6.07) is 1.78. The highest BCUT2D eigenvalue weighted by molar-refractivity contribution is 8.00.